The van der Waals surface area contributed by atoms with Crippen LogP contribution in [0.2, 0.25) is 0 Å². The molecule has 0 radical (unpaired) electrons. The number of ether oxygens (including phenoxy) is 1. The van der Waals surface area contributed by atoms with Gasteiger partial charge in [0.05, 0.1) is 11.2 Å². The summed E-state index contributed by atoms with van der Waals surface area (Å²) < 4.78 is 11.2. The van der Waals surface area contributed by atoms with Crippen molar-refractivity contribution in [2.75, 3.05) is 11.9 Å². The highest BCUT2D eigenvalue weighted by Crippen LogP contribution is 2.26. The molecule has 140 valence electrons. The van der Waals surface area contributed by atoms with Gasteiger partial charge in [-0.05, 0) is 44.4 Å². The molecule has 6 nitrogen and oxygen atoms in total. The van der Waals surface area contributed by atoms with E-state index in [1.165, 1.54) is 0 Å². The summed E-state index contributed by atoms with van der Waals surface area (Å²) in [6.07, 6.45) is 4.37. The van der Waals surface area contributed by atoms with E-state index in [0.29, 0.717) is 24.2 Å². The second kappa shape index (κ2) is 7.48. The number of nitrogens with zero attached hydrogens (tertiary/aromatic N) is 3. The third-order valence-electron chi connectivity index (χ3n) is 4.73. The normalized spacial score (nSPS) is 19.0. The van der Waals surface area contributed by atoms with E-state index in [9.17, 15) is 0 Å². The van der Waals surface area contributed by atoms with E-state index in [-0.39, 0.29) is 5.60 Å². The van der Waals surface area contributed by atoms with Crippen LogP contribution in [-0.4, -0.2) is 33.4 Å². The number of nitrogens with one attached hydrogen (secondary N) is 1. The van der Waals surface area contributed by atoms with Crippen molar-refractivity contribution >= 4 is 5.82 Å². The van der Waals surface area contributed by atoms with Crippen molar-refractivity contribution in [2.24, 2.45) is 0 Å². The van der Waals surface area contributed by atoms with Gasteiger partial charge in [0.15, 0.2) is 5.82 Å². The van der Waals surface area contributed by atoms with Gasteiger partial charge in [-0.15, -0.1) is 0 Å². The van der Waals surface area contributed by atoms with E-state index in [4.69, 9.17) is 9.26 Å². The maximum atomic E-state index is 5.77. The molecule has 1 N–H and O–H groups in total. The molecule has 0 amide bonds. The lowest BCUT2D eigenvalue weighted by atomic mass is 9.94. The SMILES string of the molecule is CC1(C)C[C@@H](Nc2ccc(-c3nc(Cc4ccccc4)no3)cn2)CCO1. The summed E-state index contributed by atoms with van der Waals surface area (Å²) in [7, 11) is 0. The molecule has 2 aromatic heterocycles. The van der Waals surface area contributed by atoms with Gasteiger partial charge >= 0.3 is 0 Å². The predicted molar refractivity (Wildman–Crippen MR) is 103 cm³/mol. The van der Waals surface area contributed by atoms with E-state index in [1.54, 1.807) is 6.20 Å². The summed E-state index contributed by atoms with van der Waals surface area (Å²) in [5.41, 5.74) is 1.89. The van der Waals surface area contributed by atoms with E-state index < -0.39 is 0 Å². The summed E-state index contributed by atoms with van der Waals surface area (Å²) in [4.78, 5) is 9.00. The van der Waals surface area contributed by atoms with Crippen molar-refractivity contribution in [3.63, 3.8) is 0 Å². The van der Waals surface area contributed by atoms with Gasteiger partial charge in [0.25, 0.3) is 5.89 Å². The molecule has 1 aliphatic heterocycles. The molecule has 27 heavy (non-hydrogen) atoms. The summed E-state index contributed by atoms with van der Waals surface area (Å²) >= 11 is 0. The van der Waals surface area contributed by atoms with E-state index >= 15 is 0 Å². The minimum atomic E-state index is -0.0885. The van der Waals surface area contributed by atoms with Crippen molar-refractivity contribution in [1.29, 1.82) is 0 Å². The fraction of sp³-hybridized carbons (Fsp3) is 0.381. The molecule has 0 unspecified atom stereocenters. The lowest BCUT2D eigenvalue weighted by molar-refractivity contribution is -0.0553. The second-order valence-corrected chi connectivity index (χ2v) is 7.55. The van der Waals surface area contributed by atoms with Crippen LogP contribution in [0.15, 0.2) is 53.2 Å². The third kappa shape index (κ3) is 4.52. The molecule has 0 saturated carbocycles. The van der Waals surface area contributed by atoms with E-state index in [0.717, 1.165) is 36.4 Å². The highest BCUT2D eigenvalue weighted by atomic mass is 16.5. The van der Waals surface area contributed by atoms with E-state index in [1.807, 2.05) is 30.3 Å². The Morgan fingerprint density at radius 2 is 2.00 bits per heavy atom. The highest BCUT2D eigenvalue weighted by Gasteiger charge is 2.28. The molecule has 1 atom stereocenters. The Bertz CT molecular complexity index is 875. The Balaban J connectivity index is 1.40. The topological polar surface area (TPSA) is 73.1 Å². The molecule has 6 heteroatoms. The zero-order chi connectivity index (χ0) is 18.7. The lowest BCUT2D eigenvalue weighted by Crippen LogP contribution is -2.40. The van der Waals surface area contributed by atoms with Crippen LogP contribution in [-0.2, 0) is 11.2 Å². The lowest BCUT2D eigenvalue weighted by Gasteiger charge is -2.36. The van der Waals surface area contributed by atoms with Crippen LogP contribution in [0, 0.1) is 0 Å². The first-order chi connectivity index (χ1) is 13.1. The van der Waals surface area contributed by atoms with Crippen LogP contribution < -0.4 is 5.32 Å². The van der Waals surface area contributed by atoms with E-state index in [2.05, 4.69) is 46.4 Å². The fourth-order valence-corrected chi connectivity index (χ4v) is 3.39. The van der Waals surface area contributed by atoms with Gasteiger partial charge in [-0.2, -0.15) is 4.98 Å². The first kappa shape index (κ1) is 17.7. The molecular weight excluding hydrogens is 340 g/mol. The van der Waals surface area contributed by atoms with Crippen molar-refractivity contribution < 1.29 is 9.26 Å². The Morgan fingerprint density at radius 3 is 2.74 bits per heavy atom. The number of anilines is 1. The minimum Gasteiger partial charge on any atom is -0.375 e. The van der Waals surface area contributed by atoms with Gasteiger partial charge in [-0.1, -0.05) is 35.5 Å². The summed E-state index contributed by atoms with van der Waals surface area (Å²) in [5.74, 6) is 2.01. The molecular formula is C21H24N4O2. The standard InChI is InChI=1S/C21H24N4O2/c1-21(2)13-17(10-11-26-21)23-18-9-8-16(14-22-18)20-24-19(25-27-20)12-15-6-4-3-5-7-15/h3-9,14,17H,10-13H2,1-2H3,(H,22,23)/t17-/m0/s1. The fourth-order valence-electron chi connectivity index (χ4n) is 3.39. The maximum absolute atomic E-state index is 5.77. The molecule has 0 spiro atoms. The Kier molecular flexibility index (Phi) is 4.90. The van der Waals surface area contributed by atoms with Crippen LogP contribution in [0.3, 0.4) is 0 Å². The van der Waals surface area contributed by atoms with Crippen LogP contribution in [0.4, 0.5) is 5.82 Å². The first-order valence-electron chi connectivity index (χ1n) is 9.31. The average molecular weight is 364 g/mol. The van der Waals surface area contributed by atoms with Gasteiger partial charge in [0, 0.05) is 25.3 Å². The molecule has 1 aliphatic rings. The molecule has 3 aromatic rings. The maximum Gasteiger partial charge on any atom is 0.259 e. The van der Waals surface area contributed by atoms with Crippen LogP contribution in [0.5, 0.6) is 0 Å². The molecule has 1 fully saturated rings. The minimum absolute atomic E-state index is 0.0885. The molecule has 1 aromatic carbocycles. The van der Waals surface area contributed by atoms with Crippen LogP contribution >= 0.6 is 0 Å². The van der Waals surface area contributed by atoms with Crippen LogP contribution in [0.25, 0.3) is 11.5 Å². The number of benzene rings is 1. The van der Waals surface area contributed by atoms with Gasteiger partial charge in [0.1, 0.15) is 5.82 Å². The van der Waals surface area contributed by atoms with Crippen molar-refractivity contribution in [1.82, 2.24) is 15.1 Å². The molecule has 1 saturated heterocycles. The zero-order valence-corrected chi connectivity index (χ0v) is 15.7. The number of rotatable bonds is 5. The van der Waals surface area contributed by atoms with Crippen LogP contribution in [0.1, 0.15) is 38.1 Å². The second-order valence-electron chi connectivity index (χ2n) is 7.55. The summed E-state index contributed by atoms with van der Waals surface area (Å²) in [6, 6.07) is 14.4. The smallest absolute Gasteiger partial charge is 0.259 e. The van der Waals surface area contributed by atoms with Gasteiger partial charge in [0.2, 0.25) is 0 Å². The Labute approximate surface area is 159 Å². The van der Waals surface area contributed by atoms with Gasteiger partial charge < -0.3 is 14.6 Å². The quantitative estimate of drug-likeness (QED) is 0.735. The number of hydrogen-bond donors (Lipinski definition) is 1. The van der Waals surface area contributed by atoms with Crippen molar-refractivity contribution in [3.8, 4) is 11.5 Å². The first-order valence-corrected chi connectivity index (χ1v) is 9.31. The Morgan fingerprint density at radius 1 is 1.15 bits per heavy atom. The molecule has 0 aliphatic carbocycles. The number of hydrogen-bond acceptors (Lipinski definition) is 6. The highest BCUT2D eigenvalue weighted by molar-refractivity contribution is 5.54. The molecule has 3 heterocycles. The monoisotopic (exact) mass is 364 g/mol. The molecule has 4 rings (SSSR count). The third-order valence-corrected chi connectivity index (χ3v) is 4.73. The number of aromatic nitrogens is 3. The molecule has 0 bridgehead atoms. The Hall–Kier alpha value is -2.73. The summed E-state index contributed by atoms with van der Waals surface area (Å²) in [5, 5.41) is 7.57. The van der Waals surface area contributed by atoms with Gasteiger partial charge in [-0.3, -0.25) is 0 Å². The largest absolute Gasteiger partial charge is 0.375 e. The number of pyridine rings is 1. The van der Waals surface area contributed by atoms with Crippen molar-refractivity contribution in [3.05, 3.63) is 60.0 Å². The summed E-state index contributed by atoms with van der Waals surface area (Å²) in [6.45, 7) is 5.02. The zero-order valence-electron chi connectivity index (χ0n) is 15.7. The predicted octanol–water partition coefficient (Wildman–Crippen LogP) is 4.09. The van der Waals surface area contributed by atoms with Gasteiger partial charge in [-0.25, -0.2) is 4.98 Å². The average Bonchev–Trinajstić information content (AvgIpc) is 3.11. The van der Waals surface area contributed by atoms with Crippen molar-refractivity contribution in [2.45, 2.75) is 44.8 Å².